The van der Waals surface area contributed by atoms with Gasteiger partial charge in [0.25, 0.3) is 0 Å². The molecule has 0 aliphatic carbocycles. The number of aromatic nitrogens is 1. The van der Waals surface area contributed by atoms with E-state index < -0.39 is 0 Å². The minimum absolute atomic E-state index is 0.209. The number of fused-ring (bicyclic) bond motifs is 1. The third kappa shape index (κ3) is 1.51. The Labute approximate surface area is 89.3 Å². The zero-order valence-electron chi connectivity index (χ0n) is 7.58. The number of nitrogens with two attached hydrogens (primary N) is 1. The van der Waals surface area contributed by atoms with E-state index in [1.54, 1.807) is 6.07 Å². The Hall–Kier alpha value is -0.650. The van der Waals surface area contributed by atoms with Gasteiger partial charge in [0.05, 0.1) is 15.1 Å². The molecule has 0 atom stereocenters. The summed E-state index contributed by atoms with van der Waals surface area (Å²) in [7, 11) is 0. The van der Waals surface area contributed by atoms with Crippen molar-refractivity contribution in [2.45, 2.75) is 11.4 Å². The largest absolute Gasteiger partial charge is 0.325 e. The van der Waals surface area contributed by atoms with Crippen LogP contribution in [0.4, 0.5) is 4.39 Å². The maximum atomic E-state index is 13.3. The molecule has 0 fully saturated rings. The van der Waals surface area contributed by atoms with Crippen molar-refractivity contribution < 1.29 is 4.39 Å². The maximum Gasteiger partial charge on any atom is 0.139 e. The molecule has 0 saturated carbocycles. The fourth-order valence-electron chi connectivity index (χ4n) is 1.27. The molecule has 0 saturated heterocycles. The summed E-state index contributed by atoms with van der Waals surface area (Å²) < 4.78 is 14.3. The first kappa shape index (κ1) is 9.89. The van der Waals surface area contributed by atoms with Crippen molar-refractivity contribution in [3.8, 4) is 0 Å². The van der Waals surface area contributed by atoms with E-state index in [9.17, 15) is 4.39 Å². The van der Waals surface area contributed by atoms with Crippen molar-refractivity contribution in [1.29, 1.82) is 0 Å². The summed E-state index contributed by atoms with van der Waals surface area (Å²) in [5.74, 6) is -0.209. The first-order chi connectivity index (χ1) is 6.76. The lowest BCUT2D eigenvalue weighted by Gasteiger charge is -1.98. The number of halogens is 1. The molecule has 74 valence electrons. The van der Waals surface area contributed by atoms with Crippen molar-refractivity contribution in [1.82, 2.24) is 4.98 Å². The highest BCUT2D eigenvalue weighted by Crippen LogP contribution is 2.31. The van der Waals surface area contributed by atoms with Crippen molar-refractivity contribution in [3.05, 3.63) is 23.0 Å². The van der Waals surface area contributed by atoms with Crippen LogP contribution in [0, 0.1) is 5.82 Å². The van der Waals surface area contributed by atoms with Crippen LogP contribution in [0.25, 0.3) is 10.2 Å². The summed E-state index contributed by atoms with van der Waals surface area (Å²) in [6, 6.07) is 3.23. The molecule has 2 N–H and O–H groups in total. The minimum Gasteiger partial charge on any atom is -0.325 e. The molecule has 0 amide bonds. The minimum atomic E-state index is -0.209. The highest BCUT2D eigenvalue weighted by Gasteiger charge is 2.10. The SMILES string of the molecule is CSc1c(F)ccc2sc(CN)nc12. The molecule has 1 aromatic carbocycles. The van der Waals surface area contributed by atoms with E-state index in [1.807, 2.05) is 6.26 Å². The molecule has 0 spiro atoms. The van der Waals surface area contributed by atoms with Crippen LogP contribution in [-0.4, -0.2) is 11.2 Å². The summed E-state index contributed by atoms with van der Waals surface area (Å²) in [5.41, 5.74) is 6.23. The Morgan fingerprint density at radius 3 is 3.00 bits per heavy atom. The number of thioether (sulfide) groups is 1. The Bertz CT molecular complexity index is 467. The van der Waals surface area contributed by atoms with Gasteiger partial charge in [-0.2, -0.15) is 0 Å². The van der Waals surface area contributed by atoms with Gasteiger partial charge in [0, 0.05) is 6.54 Å². The summed E-state index contributed by atoms with van der Waals surface area (Å²) in [4.78, 5) is 4.91. The second-order valence-electron chi connectivity index (χ2n) is 2.74. The smallest absolute Gasteiger partial charge is 0.139 e. The Balaban J connectivity index is 2.73. The van der Waals surface area contributed by atoms with Gasteiger partial charge in [-0.25, -0.2) is 9.37 Å². The van der Waals surface area contributed by atoms with Crippen molar-refractivity contribution in [2.75, 3.05) is 6.26 Å². The van der Waals surface area contributed by atoms with Gasteiger partial charge in [0.15, 0.2) is 0 Å². The second kappa shape index (κ2) is 3.84. The number of hydrogen-bond donors (Lipinski definition) is 1. The summed E-state index contributed by atoms with van der Waals surface area (Å²) in [6.45, 7) is 0.411. The van der Waals surface area contributed by atoms with Crippen LogP contribution in [0.1, 0.15) is 5.01 Å². The topological polar surface area (TPSA) is 38.9 Å². The molecular weight excluding hydrogens is 219 g/mol. The normalized spacial score (nSPS) is 11.1. The molecule has 1 aromatic heterocycles. The predicted molar refractivity (Wildman–Crippen MR) is 59.3 cm³/mol. The third-order valence-corrected chi connectivity index (χ3v) is 3.73. The summed E-state index contributed by atoms with van der Waals surface area (Å²) in [6.07, 6.45) is 1.85. The number of rotatable bonds is 2. The molecule has 0 bridgehead atoms. The molecular formula is C9H9FN2S2. The van der Waals surface area contributed by atoms with Crippen LogP contribution in [0.5, 0.6) is 0 Å². The molecule has 2 rings (SSSR count). The molecule has 0 unspecified atom stereocenters. The van der Waals surface area contributed by atoms with Gasteiger partial charge in [-0.15, -0.1) is 23.1 Å². The van der Waals surface area contributed by atoms with E-state index in [0.717, 1.165) is 15.2 Å². The average molecular weight is 228 g/mol. The molecule has 14 heavy (non-hydrogen) atoms. The Kier molecular flexibility index (Phi) is 2.71. The van der Waals surface area contributed by atoms with E-state index in [4.69, 9.17) is 5.73 Å². The lowest BCUT2D eigenvalue weighted by molar-refractivity contribution is 0.605. The van der Waals surface area contributed by atoms with E-state index >= 15 is 0 Å². The summed E-state index contributed by atoms with van der Waals surface area (Å²) in [5, 5.41) is 0.848. The van der Waals surface area contributed by atoms with Crippen LogP contribution >= 0.6 is 23.1 Å². The standard InChI is InChI=1S/C9H9FN2S2/c1-13-9-5(10)2-3-6-8(9)12-7(4-11)14-6/h2-3H,4,11H2,1H3. The number of hydrogen-bond acceptors (Lipinski definition) is 4. The van der Waals surface area contributed by atoms with E-state index in [2.05, 4.69) is 4.98 Å². The van der Waals surface area contributed by atoms with E-state index in [0.29, 0.717) is 11.4 Å². The van der Waals surface area contributed by atoms with Crippen molar-refractivity contribution in [2.24, 2.45) is 5.73 Å². The van der Waals surface area contributed by atoms with E-state index in [-0.39, 0.29) is 5.82 Å². The zero-order valence-corrected chi connectivity index (χ0v) is 9.21. The van der Waals surface area contributed by atoms with Gasteiger partial charge in [0.1, 0.15) is 10.8 Å². The quantitative estimate of drug-likeness (QED) is 0.803. The first-order valence-corrected chi connectivity index (χ1v) is 6.12. The molecule has 2 nitrogen and oxygen atoms in total. The molecule has 5 heteroatoms. The number of thiazole rings is 1. The molecule has 2 aromatic rings. The van der Waals surface area contributed by atoms with Crippen LogP contribution in [0.2, 0.25) is 0 Å². The van der Waals surface area contributed by atoms with Crippen LogP contribution in [0.15, 0.2) is 17.0 Å². The van der Waals surface area contributed by atoms with Crippen LogP contribution < -0.4 is 5.73 Å². The van der Waals surface area contributed by atoms with Gasteiger partial charge in [0.2, 0.25) is 0 Å². The van der Waals surface area contributed by atoms with Gasteiger partial charge >= 0.3 is 0 Å². The van der Waals surface area contributed by atoms with Crippen molar-refractivity contribution in [3.63, 3.8) is 0 Å². The molecule has 0 aliphatic heterocycles. The fourth-order valence-corrected chi connectivity index (χ4v) is 2.80. The van der Waals surface area contributed by atoms with Gasteiger partial charge in [-0.1, -0.05) is 0 Å². The third-order valence-electron chi connectivity index (χ3n) is 1.89. The zero-order chi connectivity index (χ0) is 10.1. The van der Waals surface area contributed by atoms with Gasteiger partial charge in [-0.3, -0.25) is 0 Å². The first-order valence-electron chi connectivity index (χ1n) is 4.08. The highest BCUT2D eigenvalue weighted by molar-refractivity contribution is 7.98. The monoisotopic (exact) mass is 228 g/mol. The maximum absolute atomic E-state index is 13.3. The fraction of sp³-hybridized carbons (Fsp3) is 0.222. The summed E-state index contributed by atoms with van der Waals surface area (Å²) >= 11 is 2.90. The predicted octanol–water partition coefficient (Wildman–Crippen LogP) is 2.62. The highest BCUT2D eigenvalue weighted by atomic mass is 32.2. The van der Waals surface area contributed by atoms with Crippen LogP contribution in [-0.2, 0) is 6.54 Å². The molecule has 0 aliphatic rings. The molecule has 1 heterocycles. The Morgan fingerprint density at radius 2 is 2.36 bits per heavy atom. The lowest BCUT2D eigenvalue weighted by Crippen LogP contribution is -1.94. The van der Waals surface area contributed by atoms with Crippen LogP contribution in [0.3, 0.4) is 0 Å². The van der Waals surface area contributed by atoms with Gasteiger partial charge in [-0.05, 0) is 18.4 Å². The Morgan fingerprint density at radius 1 is 1.57 bits per heavy atom. The lowest BCUT2D eigenvalue weighted by atomic mass is 10.3. The number of nitrogens with zero attached hydrogens (tertiary/aromatic N) is 1. The number of benzene rings is 1. The van der Waals surface area contributed by atoms with E-state index in [1.165, 1.54) is 29.2 Å². The van der Waals surface area contributed by atoms with Gasteiger partial charge < -0.3 is 5.73 Å². The molecule has 0 radical (unpaired) electrons. The average Bonchev–Trinajstić information content (AvgIpc) is 2.60. The second-order valence-corrected chi connectivity index (χ2v) is 4.67. The van der Waals surface area contributed by atoms with Crippen molar-refractivity contribution >= 4 is 33.3 Å².